The molecule has 0 aliphatic rings. The smallest absolute Gasteiger partial charge is 0.0690 e. The lowest BCUT2D eigenvalue weighted by molar-refractivity contribution is -0.000551. The number of allylic oxidation sites excluding steroid dienone is 2. The zero-order chi connectivity index (χ0) is 12.9. The molecule has 0 spiro atoms. The van der Waals surface area contributed by atoms with Crippen molar-refractivity contribution in [3.05, 3.63) is 36.5 Å². The number of rotatable bonds is 7. The third-order valence-corrected chi connectivity index (χ3v) is 2.73. The Kier molecular flexibility index (Phi) is 5.74. The second-order valence-corrected chi connectivity index (χ2v) is 5.51. The van der Waals surface area contributed by atoms with Crippen molar-refractivity contribution in [3.63, 3.8) is 0 Å². The van der Waals surface area contributed by atoms with Gasteiger partial charge in [-0.25, -0.2) is 0 Å². The van der Waals surface area contributed by atoms with Crippen molar-refractivity contribution >= 4 is 0 Å². The van der Waals surface area contributed by atoms with Crippen LogP contribution in [0.15, 0.2) is 36.5 Å². The second kappa shape index (κ2) is 6.05. The normalized spacial score (nSPS) is 14.6. The van der Waals surface area contributed by atoms with Gasteiger partial charge in [0.15, 0.2) is 0 Å². The molecule has 1 heteroatoms. The molecular weight excluding hydrogens is 196 g/mol. The third-order valence-electron chi connectivity index (χ3n) is 2.73. The Labute approximate surface area is 101 Å². The zero-order valence-electron chi connectivity index (χ0n) is 11.3. The Morgan fingerprint density at radius 2 is 1.38 bits per heavy atom. The molecule has 0 aromatic heterocycles. The standard InChI is InChI=1S/C15H26O/c1-11(2)8-14(9-12(3)4)15(7,16)10-13(5)6/h14,16H,1,3,5,8-10H2,2,4,6-7H3. The Bertz CT molecular complexity index is 268. The highest BCUT2D eigenvalue weighted by atomic mass is 16.3. The summed E-state index contributed by atoms with van der Waals surface area (Å²) in [7, 11) is 0. The molecule has 0 amide bonds. The SMILES string of the molecule is C=C(C)CC(CC(=C)C)C(C)(O)CC(=C)C. The lowest BCUT2D eigenvalue weighted by Crippen LogP contribution is -2.35. The van der Waals surface area contributed by atoms with E-state index in [1.807, 2.05) is 27.7 Å². The average molecular weight is 222 g/mol. The lowest BCUT2D eigenvalue weighted by atomic mass is 9.77. The average Bonchev–Trinajstić information content (AvgIpc) is 1.98. The predicted octanol–water partition coefficient (Wildman–Crippen LogP) is 4.25. The minimum atomic E-state index is -0.719. The molecule has 0 fully saturated rings. The van der Waals surface area contributed by atoms with Gasteiger partial charge in [-0.15, -0.1) is 19.7 Å². The van der Waals surface area contributed by atoms with E-state index in [1.54, 1.807) is 0 Å². The van der Waals surface area contributed by atoms with E-state index in [9.17, 15) is 5.11 Å². The maximum Gasteiger partial charge on any atom is 0.0690 e. The summed E-state index contributed by atoms with van der Waals surface area (Å²) in [4.78, 5) is 0. The van der Waals surface area contributed by atoms with Crippen LogP contribution in [0.1, 0.15) is 47.0 Å². The van der Waals surface area contributed by atoms with E-state index in [4.69, 9.17) is 0 Å². The first-order chi connectivity index (χ1) is 7.15. The van der Waals surface area contributed by atoms with Crippen molar-refractivity contribution in [3.8, 4) is 0 Å². The van der Waals surface area contributed by atoms with Gasteiger partial charge in [-0.1, -0.05) is 16.7 Å². The third kappa shape index (κ3) is 5.92. The van der Waals surface area contributed by atoms with E-state index in [1.165, 1.54) is 0 Å². The molecule has 0 rings (SSSR count). The molecule has 0 aromatic rings. The molecule has 0 bridgehead atoms. The molecule has 0 saturated heterocycles. The molecule has 0 aliphatic carbocycles. The van der Waals surface area contributed by atoms with Crippen molar-refractivity contribution in [2.24, 2.45) is 5.92 Å². The van der Waals surface area contributed by atoms with Crippen molar-refractivity contribution in [2.75, 3.05) is 0 Å². The van der Waals surface area contributed by atoms with Gasteiger partial charge in [0.2, 0.25) is 0 Å². The Morgan fingerprint density at radius 3 is 1.62 bits per heavy atom. The van der Waals surface area contributed by atoms with E-state index in [0.29, 0.717) is 6.42 Å². The molecule has 1 atom stereocenters. The summed E-state index contributed by atoms with van der Waals surface area (Å²) in [5, 5.41) is 10.5. The highest BCUT2D eigenvalue weighted by Crippen LogP contribution is 2.33. The first kappa shape index (κ1) is 15.2. The van der Waals surface area contributed by atoms with Crippen LogP contribution in [0.3, 0.4) is 0 Å². The summed E-state index contributed by atoms with van der Waals surface area (Å²) >= 11 is 0. The van der Waals surface area contributed by atoms with Gasteiger partial charge in [0, 0.05) is 0 Å². The zero-order valence-corrected chi connectivity index (χ0v) is 11.3. The minimum absolute atomic E-state index is 0.180. The van der Waals surface area contributed by atoms with Crippen LogP contribution in [0.4, 0.5) is 0 Å². The molecule has 1 N–H and O–H groups in total. The molecule has 92 valence electrons. The quantitative estimate of drug-likeness (QED) is 0.638. The van der Waals surface area contributed by atoms with Gasteiger partial charge >= 0.3 is 0 Å². The van der Waals surface area contributed by atoms with E-state index in [0.717, 1.165) is 29.6 Å². The van der Waals surface area contributed by atoms with Gasteiger partial charge in [0.25, 0.3) is 0 Å². The summed E-state index contributed by atoms with van der Waals surface area (Å²) in [5.74, 6) is 0.180. The van der Waals surface area contributed by atoms with Crippen molar-refractivity contribution in [1.82, 2.24) is 0 Å². The summed E-state index contributed by atoms with van der Waals surface area (Å²) < 4.78 is 0. The monoisotopic (exact) mass is 222 g/mol. The van der Waals surface area contributed by atoms with Gasteiger partial charge in [-0.3, -0.25) is 0 Å². The maximum absolute atomic E-state index is 10.5. The van der Waals surface area contributed by atoms with Gasteiger partial charge in [-0.05, 0) is 52.9 Å². The van der Waals surface area contributed by atoms with Crippen LogP contribution in [0.25, 0.3) is 0 Å². The molecular formula is C15H26O. The van der Waals surface area contributed by atoms with Crippen LogP contribution in [-0.2, 0) is 0 Å². The summed E-state index contributed by atoms with van der Waals surface area (Å²) in [6.45, 7) is 19.6. The van der Waals surface area contributed by atoms with Crippen LogP contribution in [-0.4, -0.2) is 10.7 Å². The molecule has 0 saturated carbocycles. The van der Waals surface area contributed by atoms with Crippen LogP contribution < -0.4 is 0 Å². The highest BCUT2D eigenvalue weighted by molar-refractivity contribution is 5.06. The van der Waals surface area contributed by atoms with Gasteiger partial charge in [0.1, 0.15) is 0 Å². The lowest BCUT2D eigenvalue weighted by Gasteiger charge is -2.34. The Morgan fingerprint density at radius 1 is 1.00 bits per heavy atom. The van der Waals surface area contributed by atoms with Gasteiger partial charge in [-0.2, -0.15) is 0 Å². The van der Waals surface area contributed by atoms with Crippen molar-refractivity contribution in [1.29, 1.82) is 0 Å². The molecule has 0 aromatic carbocycles. The largest absolute Gasteiger partial charge is 0.390 e. The minimum Gasteiger partial charge on any atom is -0.390 e. The topological polar surface area (TPSA) is 20.2 Å². The summed E-state index contributed by atoms with van der Waals surface area (Å²) in [6, 6.07) is 0. The van der Waals surface area contributed by atoms with E-state index < -0.39 is 5.60 Å². The summed E-state index contributed by atoms with van der Waals surface area (Å²) in [6.07, 6.45) is 2.32. The first-order valence-electron chi connectivity index (χ1n) is 5.80. The van der Waals surface area contributed by atoms with E-state index in [2.05, 4.69) is 19.7 Å². The predicted molar refractivity (Wildman–Crippen MR) is 72.4 cm³/mol. The fourth-order valence-corrected chi connectivity index (χ4v) is 2.11. The van der Waals surface area contributed by atoms with Crippen molar-refractivity contribution in [2.45, 2.75) is 52.6 Å². The fourth-order valence-electron chi connectivity index (χ4n) is 2.11. The Hall–Kier alpha value is -0.820. The van der Waals surface area contributed by atoms with Crippen LogP contribution in [0, 0.1) is 5.92 Å². The molecule has 0 aliphatic heterocycles. The maximum atomic E-state index is 10.5. The molecule has 1 nitrogen and oxygen atoms in total. The van der Waals surface area contributed by atoms with Crippen LogP contribution >= 0.6 is 0 Å². The molecule has 0 heterocycles. The van der Waals surface area contributed by atoms with Gasteiger partial charge in [0.05, 0.1) is 5.60 Å². The fraction of sp³-hybridized carbons (Fsp3) is 0.600. The number of hydrogen-bond acceptors (Lipinski definition) is 1. The second-order valence-electron chi connectivity index (χ2n) is 5.51. The molecule has 1 unspecified atom stereocenters. The van der Waals surface area contributed by atoms with Crippen LogP contribution in [0.5, 0.6) is 0 Å². The van der Waals surface area contributed by atoms with Gasteiger partial charge < -0.3 is 5.11 Å². The first-order valence-corrected chi connectivity index (χ1v) is 5.80. The molecule has 0 radical (unpaired) electrons. The van der Waals surface area contributed by atoms with Crippen molar-refractivity contribution < 1.29 is 5.11 Å². The van der Waals surface area contributed by atoms with E-state index in [-0.39, 0.29) is 5.92 Å². The number of aliphatic hydroxyl groups is 1. The summed E-state index contributed by atoms with van der Waals surface area (Å²) in [5.41, 5.74) is 2.50. The molecule has 16 heavy (non-hydrogen) atoms. The van der Waals surface area contributed by atoms with E-state index >= 15 is 0 Å². The number of hydrogen-bond donors (Lipinski definition) is 1. The Balaban J connectivity index is 4.77. The highest BCUT2D eigenvalue weighted by Gasteiger charge is 2.31. The van der Waals surface area contributed by atoms with Crippen LogP contribution in [0.2, 0.25) is 0 Å².